The van der Waals surface area contributed by atoms with Gasteiger partial charge in [-0.1, -0.05) is 53.0 Å². The van der Waals surface area contributed by atoms with Gasteiger partial charge in [-0.15, -0.1) is 0 Å². The summed E-state index contributed by atoms with van der Waals surface area (Å²) in [5, 5.41) is 3.29. The van der Waals surface area contributed by atoms with Gasteiger partial charge in [0.05, 0.1) is 16.5 Å². The summed E-state index contributed by atoms with van der Waals surface area (Å²) in [4.78, 5) is 17.7. The van der Waals surface area contributed by atoms with Crippen molar-refractivity contribution in [2.24, 2.45) is 0 Å². The first-order chi connectivity index (χ1) is 21.2. The number of pyridine rings is 1. The lowest BCUT2D eigenvalue weighted by Gasteiger charge is -2.18. The van der Waals surface area contributed by atoms with Crippen molar-refractivity contribution in [2.75, 3.05) is 13.2 Å². The first-order valence-electron chi connectivity index (χ1n) is 13.5. The number of ether oxygens (including phenoxy) is 1. The minimum Gasteiger partial charge on any atom is -0.476 e. The van der Waals surface area contributed by atoms with E-state index < -0.39 is 32.9 Å². The Bertz CT molecular complexity index is 1790. The fraction of sp³-hybridized carbons (Fsp3) is 0.226. The average molecular weight is 701 g/mol. The van der Waals surface area contributed by atoms with Crippen LogP contribution in [0.5, 0.6) is 5.88 Å². The van der Waals surface area contributed by atoms with Crippen LogP contribution in [0.25, 0.3) is 22.4 Å². The molecule has 7 nitrogen and oxygen atoms in total. The fourth-order valence-electron chi connectivity index (χ4n) is 4.12. The van der Waals surface area contributed by atoms with Crippen LogP contribution in [0, 0.1) is 0 Å². The van der Waals surface area contributed by atoms with Crippen LogP contribution in [-0.4, -0.2) is 37.7 Å². The molecule has 2 N–H and O–H groups in total. The number of carbonyl (C=O) groups excluding carboxylic acids is 1. The largest absolute Gasteiger partial charge is 0.476 e. The van der Waals surface area contributed by atoms with Crippen LogP contribution in [-0.2, 0) is 22.7 Å². The maximum atomic E-state index is 13.0. The minimum atomic E-state index is -4.54. The molecule has 0 spiro atoms. The molecule has 1 aromatic heterocycles. The van der Waals surface area contributed by atoms with E-state index in [9.17, 15) is 26.4 Å². The Morgan fingerprint density at radius 1 is 0.911 bits per heavy atom. The number of hydrogen-bond acceptors (Lipinski definition) is 5. The Morgan fingerprint density at radius 3 is 2.16 bits per heavy atom. The number of carbonyl (C=O) groups is 1. The Hall–Kier alpha value is -3.35. The van der Waals surface area contributed by atoms with Crippen molar-refractivity contribution in [3.8, 4) is 28.3 Å². The highest BCUT2D eigenvalue weighted by Crippen LogP contribution is 2.39. The van der Waals surface area contributed by atoms with E-state index in [1.165, 1.54) is 0 Å². The quantitative estimate of drug-likeness (QED) is 0.155. The lowest BCUT2D eigenvalue weighted by atomic mass is 9.97. The van der Waals surface area contributed by atoms with E-state index in [-0.39, 0.29) is 31.1 Å². The smallest absolute Gasteiger partial charge is 0.416 e. The van der Waals surface area contributed by atoms with E-state index in [4.69, 9.17) is 44.5 Å². The summed E-state index contributed by atoms with van der Waals surface area (Å²) in [7, 11) is -3.55. The molecule has 238 valence electrons. The molecule has 0 aliphatic heterocycles. The van der Waals surface area contributed by atoms with Crippen LogP contribution in [0.2, 0.25) is 15.1 Å². The first kappa shape index (κ1) is 34.5. The molecular weight excluding hydrogens is 674 g/mol. The van der Waals surface area contributed by atoms with Gasteiger partial charge in [-0.25, -0.2) is 18.1 Å². The van der Waals surface area contributed by atoms with E-state index >= 15 is 0 Å². The number of hydrogen-bond donors (Lipinski definition) is 2. The second-order valence-corrected chi connectivity index (χ2v) is 13.7. The number of benzene rings is 3. The molecule has 0 saturated heterocycles. The van der Waals surface area contributed by atoms with Gasteiger partial charge >= 0.3 is 6.18 Å². The van der Waals surface area contributed by atoms with Gasteiger partial charge in [-0.2, -0.15) is 13.2 Å². The number of nitrogens with one attached hydrogen (secondary N) is 2. The first-order valence-corrected chi connectivity index (χ1v) is 16.2. The highest BCUT2D eigenvalue weighted by molar-refractivity contribution is 7.90. The third kappa shape index (κ3) is 8.89. The zero-order valence-electron chi connectivity index (χ0n) is 23.9. The van der Waals surface area contributed by atoms with Gasteiger partial charge in [0, 0.05) is 56.0 Å². The van der Waals surface area contributed by atoms with Crippen molar-refractivity contribution in [1.82, 2.24) is 15.0 Å². The molecule has 4 aromatic rings. The molecule has 0 aliphatic carbocycles. The molecule has 14 heteroatoms. The number of rotatable bonds is 11. The molecule has 0 fully saturated rings. The summed E-state index contributed by atoms with van der Waals surface area (Å²) in [5.41, 5.74) is 1.77. The SMILES string of the molecule is CC(C)S(=O)(=O)NCCOc1nc(-c2ccc(Cl)cc2)c(-c2ccc(Cl)cc2Cl)cc1CNC(=O)c1ccc(C(F)(F)F)cc1. The van der Waals surface area contributed by atoms with Crippen molar-refractivity contribution in [2.45, 2.75) is 31.8 Å². The number of amides is 1. The third-order valence-electron chi connectivity index (χ3n) is 6.58. The Kier molecular flexibility index (Phi) is 11.0. The lowest BCUT2D eigenvalue weighted by Crippen LogP contribution is -2.34. The highest BCUT2D eigenvalue weighted by Gasteiger charge is 2.30. The molecule has 0 saturated carbocycles. The standard InChI is InChI=1S/C31H27Cl3F3N3O4S/c1-18(2)45(42,43)39-13-14-44-30-21(17-38-29(41)20-3-7-22(8-4-20)31(35,36)37)15-26(25-12-11-24(33)16-27(25)34)28(40-30)19-5-9-23(32)10-6-19/h3-12,15-16,18,39H,13-14,17H2,1-2H3,(H,38,41). The number of alkyl halides is 3. The summed E-state index contributed by atoms with van der Waals surface area (Å²) < 4.78 is 71.8. The van der Waals surface area contributed by atoms with Crippen molar-refractivity contribution in [1.29, 1.82) is 0 Å². The van der Waals surface area contributed by atoms with E-state index in [0.29, 0.717) is 43.0 Å². The number of sulfonamides is 1. The van der Waals surface area contributed by atoms with Crippen LogP contribution >= 0.6 is 34.8 Å². The number of aromatic nitrogens is 1. The summed E-state index contributed by atoms with van der Waals surface area (Å²) in [6.45, 7) is 2.79. The van der Waals surface area contributed by atoms with Crippen molar-refractivity contribution in [3.05, 3.63) is 105 Å². The number of halogens is 6. The monoisotopic (exact) mass is 699 g/mol. The predicted octanol–water partition coefficient (Wildman–Crippen LogP) is 8.03. The van der Waals surface area contributed by atoms with Crippen molar-refractivity contribution >= 4 is 50.7 Å². The minimum absolute atomic E-state index is 0.0141. The Balaban J connectivity index is 1.73. The summed E-state index contributed by atoms with van der Waals surface area (Å²) in [5.74, 6) is -0.544. The molecule has 0 atom stereocenters. The van der Waals surface area contributed by atoms with Gasteiger partial charge in [0.2, 0.25) is 15.9 Å². The van der Waals surface area contributed by atoms with Crippen LogP contribution in [0.15, 0.2) is 72.8 Å². The molecule has 3 aromatic carbocycles. The molecule has 0 radical (unpaired) electrons. The Labute approximate surface area is 273 Å². The second kappa shape index (κ2) is 14.4. The second-order valence-electron chi connectivity index (χ2n) is 10.1. The normalized spacial score (nSPS) is 11.9. The maximum Gasteiger partial charge on any atom is 0.416 e. The molecule has 45 heavy (non-hydrogen) atoms. The summed E-state index contributed by atoms with van der Waals surface area (Å²) in [6.07, 6.45) is -4.54. The van der Waals surface area contributed by atoms with E-state index in [1.54, 1.807) is 62.4 Å². The van der Waals surface area contributed by atoms with Crippen molar-refractivity contribution < 1.29 is 31.1 Å². The Morgan fingerprint density at radius 2 is 1.56 bits per heavy atom. The summed E-state index contributed by atoms with van der Waals surface area (Å²) >= 11 is 18.8. The summed E-state index contributed by atoms with van der Waals surface area (Å²) in [6, 6.07) is 17.3. The zero-order valence-corrected chi connectivity index (χ0v) is 27.0. The van der Waals surface area contributed by atoms with Gasteiger partial charge in [-0.3, -0.25) is 4.79 Å². The van der Waals surface area contributed by atoms with E-state index in [1.807, 2.05) is 0 Å². The molecule has 1 amide bonds. The van der Waals surface area contributed by atoms with Crippen LogP contribution in [0.3, 0.4) is 0 Å². The van der Waals surface area contributed by atoms with E-state index in [2.05, 4.69) is 10.0 Å². The highest BCUT2D eigenvalue weighted by atomic mass is 35.5. The van der Waals surface area contributed by atoms with Crippen LogP contribution < -0.4 is 14.8 Å². The van der Waals surface area contributed by atoms with Crippen LogP contribution in [0.1, 0.15) is 35.3 Å². The molecule has 1 heterocycles. The fourth-order valence-corrected chi connectivity index (χ4v) is 5.45. The molecule has 0 unspecified atom stereocenters. The predicted molar refractivity (Wildman–Crippen MR) is 170 cm³/mol. The lowest BCUT2D eigenvalue weighted by molar-refractivity contribution is -0.137. The third-order valence-corrected chi connectivity index (χ3v) is 9.23. The molecular formula is C31H27Cl3F3N3O4S. The maximum absolute atomic E-state index is 13.0. The average Bonchev–Trinajstić information content (AvgIpc) is 2.98. The molecule has 0 aliphatic rings. The topological polar surface area (TPSA) is 97.4 Å². The van der Waals surface area contributed by atoms with Gasteiger partial charge < -0.3 is 10.1 Å². The van der Waals surface area contributed by atoms with Gasteiger partial charge in [0.25, 0.3) is 5.91 Å². The number of nitrogens with zero attached hydrogens (tertiary/aromatic N) is 1. The van der Waals surface area contributed by atoms with Gasteiger partial charge in [-0.05, 0) is 68.4 Å². The van der Waals surface area contributed by atoms with E-state index in [0.717, 1.165) is 24.3 Å². The van der Waals surface area contributed by atoms with Crippen molar-refractivity contribution in [3.63, 3.8) is 0 Å². The van der Waals surface area contributed by atoms with Gasteiger partial charge in [0.15, 0.2) is 0 Å². The molecule has 0 bridgehead atoms. The molecule has 4 rings (SSSR count). The van der Waals surface area contributed by atoms with Gasteiger partial charge in [0.1, 0.15) is 6.61 Å². The van der Waals surface area contributed by atoms with Crippen LogP contribution in [0.4, 0.5) is 13.2 Å². The zero-order chi connectivity index (χ0) is 32.9.